The number of allylic oxidation sites excluding steroid dienone is 8. The summed E-state index contributed by atoms with van der Waals surface area (Å²) in [6.45, 7) is 2.30. The number of furan rings is 1. The Balaban J connectivity index is 1.11. The zero-order valence-electron chi connectivity index (χ0n) is 26.7. The van der Waals surface area contributed by atoms with Crippen LogP contribution in [-0.4, -0.2) is 15.0 Å². The van der Waals surface area contributed by atoms with Crippen LogP contribution in [0.15, 0.2) is 144 Å². The van der Waals surface area contributed by atoms with E-state index in [1.807, 2.05) is 18.2 Å². The molecule has 5 aromatic carbocycles. The zero-order chi connectivity index (χ0) is 32.0. The monoisotopic (exact) mass is 619 g/mol. The van der Waals surface area contributed by atoms with E-state index < -0.39 is 0 Å². The first-order valence-electron chi connectivity index (χ1n) is 16.7. The second-order valence-electron chi connectivity index (χ2n) is 12.8. The van der Waals surface area contributed by atoms with Gasteiger partial charge in [0.25, 0.3) is 0 Å². The van der Waals surface area contributed by atoms with Crippen molar-refractivity contribution in [2.75, 3.05) is 0 Å². The molecule has 0 saturated carbocycles. The van der Waals surface area contributed by atoms with Gasteiger partial charge in [-0.1, -0.05) is 122 Å². The topological polar surface area (TPSA) is 51.8 Å². The Kier molecular flexibility index (Phi) is 6.93. The largest absolute Gasteiger partial charge is 0.456 e. The second kappa shape index (κ2) is 11.7. The van der Waals surface area contributed by atoms with E-state index in [2.05, 4.69) is 128 Å². The van der Waals surface area contributed by atoms with Gasteiger partial charge in [-0.3, -0.25) is 0 Å². The lowest BCUT2D eigenvalue weighted by Gasteiger charge is -2.22. The summed E-state index contributed by atoms with van der Waals surface area (Å²) in [5, 5.41) is 4.78. The lowest BCUT2D eigenvalue weighted by atomic mass is 9.83. The van der Waals surface area contributed by atoms with Gasteiger partial charge in [-0.15, -0.1) is 0 Å². The minimum absolute atomic E-state index is 0.259. The van der Waals surface area contributed by atoms with Crippen molar-refractivity contribution in [3.8, 4) is 22.5 Å². The molecule has 2 aromatic heterocycles. The van der Waals surface area contributed by atoms with E-state index in [-0.39, 0.29) is 5.92 Å². The maximum absolute atomic E-state index is 6.51. The molecule has 9 rings (SSSR count). The first-order valence-corrected chi connectivity index (χ1v) is 16.7. The van der Waals surface area contributed by atoms with Crippen LogP contribution >= 0.6 is 0 Å². The van der Waals surface area contributed by atoms with Crippen LogP contribution in [0.2, 0.25) is 0 Å². The highest BCUT2D eigenvalue weighted by Gasteiger charge is 2.24. The Morgan fingerprint density at radius 3 is 2.21 bits per heavy atom. The van der Waals surface area contributed by atoms with Crippen molar-refractivity contribution >= 4 is 49.4 Å². The van der Waals surface area contributed by atoms with Crippen LogP contribution in [0.1, 0.15) is 43.4 Å². The molecule has 1 unspecified atom stereocenters. The molecule has 0 aliphatic heterocycles. The molecule has 230 valence electrons. The van der Waals surface area contributed by atoms with Crippen molar-refractivity contribution in [3.05, 3.63) is 157 Å². The van der Waals surface area contributed by atoms with Crippen molar-refractivity contribution in [1.82, 2.24) is 15.0 Å². The fourth-order valence-corrected chi connectivity index (χ4v) is 7.17. The molecule has 2 heterocycles. The molecule has 0 radical (unpaired) electrons. The van der Waals surface area contributed by atoms with Gasteiger partial charge in [-0.25, -0.2) is 15.0 Å². The number of aromatic nitrogens is 3. The average molecular weight is 620 g/mol. The van der Waals surface area contributed by atoms with E-state index in [9.17, 15) is 0 Å². The fraction of sp³-hybridized carbons (Fsp3) is 0.114. The van der Waals surface area contributed by atoms with Crippen molar-refractivity contribution in [3.63, 3.8) is 0 Å². The van der Waals surface area contributed by atoms with Crippen LogP contribution in [0.25, 0.3) is 71.9 Å². The SMILES string of the molecule is CC1CC(c2nc(C3=CC=CCC3)nc(-c3ccccc3)n2)=CC=C1c1cccc2oc3cc(-c4ccc5ccccc5c4)ccc3c12. The third-order valence-corrected chi connectivity index (χ3v) is 9.67. The molecular weight excluding hydrogens is 587 g/mol. The minimum Gasteiger partial charge on any atom is -0.456 e. The summed E-state index contributed by atoms with van der Waals surface area (Å²) in [7, 11) is 0. The van der Waals surface area contributed by atoms with Gasteiger partial charge < -0.3 is 4.42 Å². The predicted octanol–water partition coefficient (Wildman–Crippen LogP) is 11.5. The Labute approximate surface area is 279 Å². The van der Waals surface area contributed by atoms with Crippen LogP contribution < -0.4 is 0 Å². The van der Waals surface area contributed by atoms with Crippen molar-refractivity contribution in [1.29, 1.82) is 0 Å². The summed E-state index contributed by atoms with van der Waals surface area (Å²) in [6.07, 6.45) is 13.7. The summed E-state index contributed by atoms with van der Waals surface area (Å²) in [5.41, 5.74) is 9.94. The Hall–Kier alpha value is -5.87. The quantitative estimate of drug-likeness (QED) is 0.192. The fourth-order valence-electron chi connectivity index (χ4n) is 7.17. The third-order valence-electron chi connectivity index (χ3n) is 9.67. The molecular formula is C44H33N3O. The molecule has 2 aliphatic rings. The molecule has 0 N–H and O–H groups in total. The Bertz CT molecular complexity index is 2500. The van der Waals surface area contributed by atoms with Crippen LogP contribution in [0.4, 0.5) is 0 Å². The van der Waals surface area contributed by atoms with Crippen LogP contribution in [0.5, 0.6) is 0 Å². The summed E-state index contributed by atoms with van der Waals surface area (Å²) in [4.78, 5) is 15.0. The van der Waals surface area contributed by atoms with Gasteiger partial charge in [0.2, 0.25) is 0 Å². The molecule has 48 heavy (non-hydrogen) atoms. The molecule has 0 bridgehead atoms. The van der Waals surface area contributed by atoms with Gasteiger partial charge in [0.15, 0.2) is 17.5 Å². The molecule has 4 heteroatoms. The smallest absolute Gasteiger partial charge is 0.164 e. The molecule has 0 amide bonds. The predicted molar refractivity (Wildman–Crippen MR) is 198 cm³/mol. The standard InChI is InChI=1S/C44H33N3O/c1-28-25-35(44-46-42(30-12-4-2-5-13-30)45-43(47-44)31-14-6-3-7-15-31)22-23-36(28)37-17-10-18-39-41(37)38-24-21-34(27-40(38)48-39)33-20-19-29-11-8-9-16-32(29)26-33/h2-6,8-14,16-24,26-28H,7,15,25H2,1H3. The van der Waals surface area contributed by atoms with Gasteiger partial charge in [-0.2, -0.15) is 0 Å². The lowest BCUT2D eigenvalue weighted by Crippen LogP contribution is -2.10. The first-order chi connectivity index (χ1) is 23.7. The van der Waals surface area contributed by atoms with E-state index in [0.29, 0.717) is 5.82 Å². The van der Waals surface area contributed by atoms with Crippen LogP contribution in [0.3, 0.4) is 0 Å². The normalized spacial score (nSPS) is 16.3. The van der Waals surface area contributed by atoms with E-state index in [1.165, 1.54) is 32.9 Å². The summed E-state index contributed by atoms with van der Waals surface area (Å²) in [6, 6.07) is 38.4. The third kappa shape index (κ3) is 5.07. The van der Waals surface area contributed by atoms with Crippen LogP contribution in [-0.2, 0) is 0 Å². The number of fused-ring (bicyclic) bond motifs is 4. The highest BCUT2D eigenvalue weighted by Crippen LogP contribution is 2.42. The zero-order valence-corrected chi connectivity index (χ0v) is 26.7. The summed E-state index contributed by atoms with van der Waals surface area (Å²) >= 11 is 0. The minimum atomic E-state index is 0.259. The average Bonchev–Trinajstić information content (AvgIpc) is 3.53. The van der Waals surface area contributed by atoms with Crippen molar-refractivity contribution < 1.29 is 4.42 Å². The van der Waals surface area contributed by atoms with Gasteiger partial charge >= 0.3 is 0 Å². The number of nitrogens with zero attached hydrogens (tertiary/aromatic N) is 3. The van der Waals surface area contributed by atoms with E-state index in [0.717, 1.165) is 69.7 Å². The number of hydrogen-bond acceptors (Lipinski definition) is 4. The number of rotatable bonds is 5. The van der Waals surface area contributed by atoms with E-state index in [4.69, 9.17) is 19.4 Å². The number of benzene rings is 5. The molecule has 4 nitrogen and oxygen atoms in total. The molecule has 0 saturated heterocycles. The highest BCUT2D eigenvalue weighted by molar-refractivity contribution is 6.11. The van der Waals surface area contributed by atoms with E-state index in [1.54, 1.807) is 0 Å². The van der Waals surface area contributed by atoms with E-state index >= 15 is 0 Å². The summed E-state index contributed by atoms with van der Waals surface area (Å²) < 4.78 is 6.51. The summed E-state index contributed by atoms with van der Waals surface area (Å²) in [5.74, 6) is 2.50. The maximum Gasteiger partial charge on any atom is 0.164 e. The molecule has 0 spiro atoms. The van der Waals surface area contributed by atoms with Crippen molar-refractivity contribution in [2.24, 2.45) is 5.92 Å². The Morgan fingerprint density at radius 1 is 0.604 bits per heavy atom. The molecule has 2 aliphatic carbocycles. The lowest BCUT2D eigenvalue weighted by molar-refractivity contribution is 0.669. The number of hydrogen-bond donors (Lipinski definition) is 0. The first kappa shape index (κ1) is 28.4. The van der Waals surface area contributed by atoms with Gasteiger partial charge in [0.05, 0.1) is 0 Å². The Morgan fingerprint density at radius 2 is 1.38 bits per heavy atom. The molecule has 1 atom stereocenters. The van der Waals surface area contributed by atoms with Gasteiger partial charge in [0.1, 0.15) is 11.2 Å². The maximum atomic E-state index is 6.51. The van der Waals surface area contributed by atoms with Crippen molar-refractivity contribution in [2.45, 2.75) is 26.2 Å². The van der Waals surface area contributed by atoms with Gasteiger partial charge in [0, 0.05) is 16.3 Å². The highest BCUT2D eigenvalue weighted by atomic mass is 16.3. The molecule has 7 aromatic rings. The second-order valence-corrected chi connectivity index (χ2v) is 12.8. The molecule has 0 fully saturated rings. The van der Waals surface area contributed by atoms with Crippen LogP contribution in [0, 0.1) is 5.92 Å². The van der Waals surface area contributed by atoms with Gasteiger partial charge in [-0.05, 0) is 93.6 Å².